The molecule has 3 N–H and O–H groups in total. The predicted molar refractivity (Wildman–Crippen MR) is 77.9 cm³/mol. The molecule has 1 aromatic rings. The number of carbonyl (C=O) groups is 1. The van der Waals surface area contributed by atoms with Crippen molar-refractivity contribution in [3.05, 3.63) is 30.1 Å². The quantitative estimate of drug-likeness (QED) is 0.886. The average Bonchev–Trinajstić information content (AvgIpc) is 2.41. The summed E-state index contributed by atoms with van der Waals surface area (Å²) in [7, 11) is 0. The number of likely N-dealkylation sites (tertiary alicyclic amines) is 1. The minimum Gasteiger partial charge on any atom is -0.329 e. The summed E-state index contributed by atoms with van der Waals surface area (Å²) in [6.45, 7) is 2.99. The van der Waals surface area contributed by atoms with E-state index in [2.05, 4.69) is 17.1 Å². The lowest BCUT2D eigenvalue weighted by molar-refractivity contribution is -0.118. The van der Waals surface area contributed by atoms with Gasteiger partial charge >= 0.3 is 0 Å². The Hall–Kier alpha value is -1.46. The van der Waals surface area contributed by atoms with Crippen LogP contribution in [0.4, 0.5) is 10.1 Å². The number of benzene rings is 1. The molecule has 5 heteroatoms. The van der Waals surface area contributed by atoms with Crippen molar-refractivity contribution in [1.82, 2.24) is 4.90 Å². The zero-order valence-corrected chi connectivity index (χ0v) is 11.8. The minimum atomic E-state index is -0.353. The number of anilines is 1. The molecule has 1 amide bonds. The number of hydrogen-bond donors (Lipinski definition) is 2. The molecule has 4 nitrogen and oxygen atoms in total. The number of carbonyl (C=O) groups excluding carboxylic acids is 1. The van der Waals surface area contributed by atoms with Crippen LogP contribution < -0.4 is 11.1 Å². The van der Waals surface area contributed by atoms with Gasteiger partial charge in [0, 0.05) is 24.3 Å². The van der Waals surface area contributed by atoms with Gasteiger partial charge in [-0.25, -0.2) is 4.39 Å². The fraction of sp³-hybridized carbons (Fsp3) is 0.533. The van der Waals surface area contributed by atoms with E-state index in [1.807, 2.05) is 0 Å². The first-order chi connectivity index (χ1) is 9.60. The number of nitrogens with zero attached hydrogens (tertiary/aromatic N) is 1. The van der Waals surface area contributed by atoms with E-state index in [9.17, 15) is 9.18 Å². The maximum atomic E-state index is 13.1. The van der Waals surface area contributed by atoms with E-state index in [0.717, 1.165) is 19.3 Å². The van der Waals surface area contributed by atoms with Gasteiger partial charge in [-0.1, -0.05) is 12.5 Å². The van der Waals surface area contributed by atoms with E-state index in [-0.39, 0.29) is 17.8 Å². The second-order valence-corrected chi connectivity index (χ2v) is 5.40. The average molecular weight is 279 g/mol. The molecule has 1 heterocycles. The normalized spacial score (nSPS) is 23.6. The first kappa shape index (κ1) is 14.9. The maximum absolute atomic E-state index is 13.1. The predicted octanol–water partition coefficient (Wildman–Crippen LogP) is 1.97. The van der Waals surface area contributed by atoms with Gasteiger partial charge in [0.05, 0.1) is 6.54 Å². The summed E-state index contributed by atoms with van der Waals surface area (Å²) >= 11 is 0. The largest absolute Gasteiger partial charge is 0.329 e. The molecule has 1 aromatic carbocycles. The van der Waals surface area contributed by atoms with Gasteiger partial charge in [-0.3, -0.25) is 9.69 Å². The summed E-state index contributed by atoms with van der Waals surface area (Å²) in [6, 6.07) is 6.55. The van der Waals surface area contributed by atoms with E-state index in [0.29, 0.717) is 24.8 Å². The number of nitrogens with two attached hydrogens (primary N) is 1. The van der Waals surface area contributed by atoms with E-state index < -0.39 is 0 Å². The summed E-state index contributed by atoms with van der Waals surface area (Å²) in [5.74, 6) is -0.475. The standard InChI is InChI=1S/C15H22FN3O/c1-11-4-2-7-14(9-17)19(11)10-15(20)18-13-6-3-5-12(16)8-13/h3,5-6,8,11,14H,2,4,7,9-10,17H2,1H3,(H,18,20). The SMILES string of the molecule is CC1CCCC(CN)N1CC(=O)Nc1cccc(F)c1. The number of rotatable bonds is 4. The molecule has 110 valence electrons. The Morgan fingerprint density at radius 1 is 1.50 bits per heavy atom. The van der Waals surface area contributed by atoms with Crippen molar-refractivity contribution in [2.75, 3.05) is 18.4 Å². The summed E-state index contributed by atoms with van der Waals surface area (Å²) in [6.07, 6.45) is 3.28. The van der Waals surface area contributed by atoms with Crippen LogP contribution in [0, 0.1) is 5.82 Å². The summed E-state index contributed by atoms with van der Waals surface area (Å²) in [5.41, 5.74) is 6.27. The molecule has 0 spiro atoms. The van der Waals surface area contributed by atoms with Crippen molar-refractivity contribution in [1.29, 1.82) is 0 Å². The molecule has 2 atom stereocenters. The molecular weight excluding hydrogens is 257 g/mol. The van der Waals surface area contributed by atoms with Crippen molar-refractivity contribution >= 4 is 11.6 Å². The smallest absolute Gasteiger partial charge is 0.238 e. The van der Waals surface area contributed by atoms with Crippen molar-refractivity contribution in [3.8, 4) is 0 Å². The molecular formula is C15H22FN3O. The zero-order chi connectivity index (χ0) is 14.5. The van der Waals surface area contributed by atoms with E-state index >= 15 is 0 Å². The Morgan fingerprint density at radius 3 is 3.00 bits per heavy atom. The van der Waals surface area contributed by atoms with Gasteiger partial charge in [0.25, 0.3) is 0 Å². The van der Waals surface area contributed by atoms with Crippen LogP contribution in [0.15, 0.2) is 24.3 Å². The van der Waals surface area contributed by atoms with Crippen LogP contribution in [0.25, 0.3) is 0 Å². The molecule has 2 unspecified atom stereocenters. The highest BCUT2D eigenvalue weighted by atomic mass is 19.1. The Bertz CT molecular complexity index is 466. The van der Waals surface area contributed by atoms with Gasteiger partial charge in [0.15, 0.2) is 0 Å². The van der Waals surface area contributed by atoms with E-state index in [4.69, 9.17) is 5.73 Å². The Morgan fingerprint density at radius 2 is 2.30 bits per heavy atom. The van der Waals surface area contributed by atoms with Gasteiger partial charge in [-0.05, 0) is 38.0 Å². The van der Waals surface area contributed by atoms with Gasteiger partial charge in [0.2, 0.25) is 5.91 Å². The lowest BCUT2D eigenvalue weighted by atomic mass is 9.96. The second-order valence-electron chi connectivity index (χ2n) is 5.40. The monoisotopic (exact) mass is 279 g/mol. The van der Waals surface area contributed by atoms with E-state index in [1.54, 1.807) is 12.1 Å². The van der Waals surface area contributed by atoms with Gasteiger partial charge in [-0.2, -0.15) is 0 Å². The molecule has 0 aliphatic carbocycles. The van der Waals surface area contributed by atoms with Crippen molar-refractivity contribution in [2.24, 2.45) is 5.73 Å². The molecule has 0 saturated carbocycles. The fourth-order valence-electron chi connectivity index (χ4n) is 2.81. The number of nitrogens with one attached hydrogen (secondary N) is 1. The minimum absolute atomic E-state index is 0.122. The highest BCUT2D eigenvalue weighted by Crippen LogP contribution is 2.22. The topological polar surface area (TPSA) is 58.4 Å². The summed E-state index contributed by atoms with van der Waals surface area (Å²) < 4.78 is 13.1. The van der Waals surface area contributed by atoms with Crippen LogP contribution in [-0.2, 0) is 4.79 Å². The van der Waals surface area contributed by atoms with Gasteiger partial charge in [0.1, 0.15) is 5.82 Å². The molecule has 1 saturated heterocycles. The van der Waals surface area contributed by atoms with Crippen LogP contribution in [0.1, 0.15) is 26.2 Å². The highest BCUT2D eigenvalue weighted by Gasteiger charge is 2.28. The third kappa shape index (κ3) is 3.77. The molecule has 20 heavy (non-hydrogen) atoms. The van der Waals surface area contributed by atoms with Gasteiger partial charge < -0.3 is 11.1 Å². The Balaban J connectivity index is 1.96. The lowest BCUT2D eigenvalue weighted by Gasteiger charge is -2.39. The lowest BCUT2D eigenvalue weighted by Crippen LogP contribution is -2.51. The Kier molecular flexibility index (Phi) is 5.09. The van der Waals surface area contributed by atoms with Crippen LogP contribution in [0.2, 0.25) is 0 Å². The number of halogens is 1. The molecule has 0 radical (unpaired) electrons. The van der Waals surface area contributed by atoms with Crippen molar-refractivity contribution in [3.63, 3.8) is 0 Å². The number of piperidine rings is 1. The van der Waals surface area contributed by atoms with Crippen molar-refractivity contribution in [2.45, 2.75) is 38.3 Å². The highest BCUT2D eigenvalue weighted by molar-refractivity contribution is 5.92. The van der Waals surface area contributed by atoms with Crippen LogP contribution in [-0.4, -0.2) is 36.0 Å². The third-order valence-electron chi connectivity index (χ3n) is 3.90. The first-order valence-corrected chi connectivity index (χ1v) is 7.11. The first-order valence-electron chi connectivity index (χ1n) is 7.11. The molecule has 1 fully saturated rings. The number of amides is 1. The Labute approximate surface area is 119 Å². The van der Waals surface area contributed by atoms with Crippen LogP contribution in [0.3, 0.4) is 0 Å². The summed E-state index contributed by atoms with van der Waals surface area (Å²) in [5, 5.41) is 2.73. The fourth-order valence-corrected chi connectivity index (χ4v) is 2.81. The molecule has 1 aliphatic rings. The third-order valence-corrected chi connectivity index (χ3v) is 3.90. The van der Waals surface area contributed by atoms with Crippen LogP contribution >= 0.6 is 0 Å². The van der Waals surface area contributed by atoms with Crippen LogP contribution in [0.5, 0.6) is 0 Å². The second kappa shape index (κ2) is 6.81. The van der Waals surface area contributed by atoms with Crippen molar-refractivity contribution < 1.29 is 9.18 Å². The molecule has 1 aliphatic heterocycles. The summed E-state index contributed by atoms with van der Waals surface area (Å²) in [4.78, 5) is 14.2. The molecule has 0 aromatic heterocycles. The maximum Gasteiger partial charge on any atom is 0.238 e. The zero-order valence-electron chi connectivity index (χ0n) is 11.8. The van der Waals surface area contributed by atoms with E-state index in [1.165, 1.54) is 12.1 Å². The van der Waals surface area contributed by atoms with Gasteiger partial charge in [-0.15, -0.1) is 0 Å². The molecule has 0 bridgehead atoms. The number of hydrogen-bond acceptors (Lipinski definition) is 3. The molecule has 2 rings (SSSR count).